The maximum absolute atomic E-state index is 11.8. The molecular weight excluding hydrogens is 258 g/mol. The molecule has 1 heterocycles. The number of likely N-dealkylation sites (tertiary alicyclic amines) is 1. The molecule has 1 amide bonds. The van der Waals surface area contributed by atoms with E-state index in [0.29, 0.717) is 19.7 Å². The number of nitrogens with zero attached hydrogens (tertiary/aromatic N) is 1. The Morgan fingerprint density at radius 1 is 1.50 bits per heavy atom. The van der Waals surface area contributed by atoms with Gasteiger partial charge in [0.1, 0.15) is 11.5 Å². The van der Waals surface area contributed by atoms with Crippen molar-refractivity contribution in [2.75, 3.05) is 25.6 Å². The number of rotatable bonds is 4. The first-order valence-electron chi connectivity index (χ1n) is 5.91. The van der Waals surface area contributed by atoms with Crippen LogP contribution >= 0.6 is 0 Å². The number of amides is 1. The minimum atomic E-state index is -1.92. The molecule has 1 N–H and O–H groups in total. The zero-order valence-electron chi connectivity index (χ0n) is 11.0. The fourth-order valence-corrected chi connectivity index (χ4v) is 1.99. The molecule has 2 atom stereocenters. The lowest BCUT2D eigenvalue weighted by molar-refractivity contribution is 0.0278. The second-order valence-electron chi connectivity index (χ2n) is 5.39. The predicted molar refractivity (Wildman–Crippen MR) is 67.5 cm³/mol. The molecule has 0 radical (unpaired) electrons. The average Bonchev–Trinajstić information content (AvgIpc) is 2.63. The van der Waals surface area contributed by atoms with Crippen molar-refractivity contribution in [3.8, 4) is 0 Å². The maximum Gasteiger partial charge on any atom is 0.410 e. The van der Waals surface area contributed by atoms with Gasteiger partial charge >= 0.3 is 6.09 Å². The van der Waals surface area contributed by atoms with Crippen molar-refractivity contribution in [3.05, 3.63) is 0 Å². The van der Waals surface area contributed by atoms with Crippen LogP contribution < -0.4 is 0 Å². The lowest BCUT2D eigenvalue weighted by atomic mass is 10.1. The first-order chi connectivity index (χ1) is 8.28. The van der Waals surface area contributed by atoms with Crippen LogP contribution in [0.15, 0.2) is 0 Å². The second-order valence-corrected chi connectivity index (χ2v) is 6.27. The SMILES string of the molecule is CC(C)(C)OC(=O)N1CC[C@H](COCS(=O)O)C1. The molecule has 18 heavy (non-hydrogen) atoms. The summed E-state index contributed by atoms with van der Waals surface area (Å²) >= 11 is -1.92. The van der Waals surface area contributed by atoms with Gasteiger partial charge in [-0.1, -0.05) is 0 Å². The van der Waals surface area contributed by atoms with E-state index in [2.05, 4.69) is 0 Å². The van der Waals surface area contributed by atoms with Crippen molar-refractivity contribution in [1.82, 2.24) is 4.90 Å². The van der Waals surface area contributed by atoms with Gasteiger partial charge in [0.15, 0.2) is 11.1 Å². The summed E-state index contributed by atoms with van der Waals surface area (Å²) in [7, 11) is 0. The summed E-state index contributed by atoms with van der Waals surface area (Å²) in [5.74, 6) is 0.0317. The minimum Gasteiger partial charge on any atom is -0.444 e. The van der Waals surface area contributed by atoms with Crippen molar-refractivity contribution < 1.29 is 23.0 Å². The summed E-state index contributed by atoms with van der Waals surface area (Å²) in [6.45, 7) is 7.11. The third-order valence-electron chi connectivity index (χ3n) is 2.48. The van der Waals surface area contributed by atoms with Gasteiger partial charge in [-0.05, 0) is 27.2 Å². The number of hydrogen-bond acceptors (Lipinski definition) is 4. The molecular formula is C11H21NO5S. The van der Waals surface area contributed by atoms with Gasteiger partial charge in [0.05, 0.1) is 6.61 Å². The summed E-state index contributed by atoms with van der Waals surface area (Å²) in [4.78, 5) is 13.4. The second kappa shape index (κ2) is 6.49. The van der Waals surface area contributed by atoms with Crippen LogP contribution in [0.2, 0.25) is 0 Å². The van der Waals surface area contributed by atoms with Crippen LogP contribution in [0.5, 0.6) is 0 Å². The Balaban J connectivity index is 2.28. The Labute approximate surface area is 110 Å². The largest absolute Gasteiger partial charge is 0.444 e. The van der Waals surface area contributed by atoms with Crippen molar-refractivity contribution in [2.45, 2.75) is 32.8 Å². The molecule has 0 aromatic heterocycles. The number of carbonyl (C=O) groups is 1. The molecule has 1 fully saturated rings. The Hall–Kier alpha value is -0.660. The van der Waals surface area contributed by atoms with Gasteiger partial charge in [-0.2, -0.15) is 0 Å². The Bertz CT molecular complexity index is 315. The number of hydrogen-bond donors (Lipinski definition) is 1. The third-order valence-corrected chi connectivity index (χ3v) is 2.84. The quantitative estimate of drug-likeness (QED) is 0.788. The van der Waals surface area contributed by atoms with E-state index in [-0.39, 0.29) is 18.0 Å². The highest BCUT2D eigenvalue weighted by Crippen LogP contribution is 2.19. The molecule has 1 rings (SSSR count). The lowest BCUT2D eigenvalue weighted by Crippen LogP contribution is -2.35. The fourth-order valence-electron chi connectivity index (χ4n) is 1.75. The molecule has 1 aliphatic rings. The van der Waals surface area contributed by atoms with Crippen LogP contribution in [0.4, 0.5) is 4.79 Å². The highest BCUT2D eigenvalue weighted by molar-refractivity contribution is 7.79. The van der Waals surface area contributed by atoms with Gasteiger partial charge in [-0.15, -0.1) is 0 Å². The van der Waals surface area contributed by atoms with Gasteiger partial charge < -0.3 is 18.9 Å². The summed E-state index contributed by atoms with van der Waals surface area (Å²) in [5, 5.41) is 0. The van der Waals surface area contributed by atoms with Crippen molar-refractivity contribution in [3.63, 3.8) is 0 Å². The van der Waals surface area contributed by atoms with Gasteiger partial charge in [-0.3, -0.25) is 0 Å². The monoisotopic (exact) mass is 279 g/mol. The first-order valence-corrected chi connectivity index (χ1v) is 7.18. The zero-order chi connectivity index (χ0) is 13.8. The first kappa shape index (κ1) is 15.4. The Morgan fingerprint density at radius 2 is 2.17 bits per heavy atom. The minimum absolute atomic E-state index is 0.178. The van der Waals surface area contributed by atoms with Gasteiger partial charge in [-0.25, -0.2) is 9.00 Å². The third kappa shape index (κ3) is 5.79. The van der Waals surface area contributed by atoms with E-state index in [9.17, 15) is 9.00 Å². The number of ether oxygens (including phenoxy) is 2. The molecule has 0 saturated carbocycles. The van der Waals surface area contributed by atoms with Crippen LogP contribution in [0.1, 0.15) is 27.2 Å². The molecule has 1 saturated heterocycles. The highest BCUT2D eigenvalue weighted by atomic mass is 32.2. The molecule has 0 aliphatic carbocycles. The van der Waals surface area contributed by atoms with E-state index >= 15 is 0 Å². The average molecular weight is 279 g/mol. The molecule has 0 aromatic rings. The van der Waals surface area contributed by atoms with Crippen molar-refractivity contribution in [2.24, 2.45) is 5.92 Å². The molecule has 0 spiro atoms. The van der Waals surface area contributed by atoms with E-state index in [0.717, 1.165) is 6.42 Å². The maximum atomic E-state index is 11.8. The molecule has 0 bridgehead atoms. The summed E-state index contributed by atoms with van der Waals surface area (Å²) < 4.78 is 29.3. The van der Waals surface area contributed by atoms with Crippen LogP contribution in [-0.2, 0) is 20.6 Å². The van der Waals surface area contributed by atoms with E-state index in [4.69, 9.17) is 14.0 Å². The lowest BCUT2D eigenvalue weighted by Gasteiger charge is -2.24. The van der Waals surface area contributed by atoms with Crippen molar-refractivity contribution in [1.29, 1.82) is 0 Å². The van der Waals surface area contributed by atoms with Gasteiger partial charge in [0.2, 0.25) is 0 Å². The highest BCUT2D eigenvalue weighted by Gasteiger charge is 2.29. The summed E-state index contributed by atoms with van der Waals surface area (Å²) in [6, 6.07) is 0. The Morgan fingerprint density at radius 3 is 2.72 bits per heavy atom. The van der Waals surface area contributed by atoms with E-state index < -0.39 is 16.7 Å². The zero-order valence-corrected chi connectivity index (χ0v) is 11.9. The van der Waals surface area contributed by atoms with Crippen LogP contribution in [0, 0.1) is 5.92 Å². The smallest absolute Gasteiger partial charge is 0.410 e. The van der Waals surface area contributed by atoms with E-state index in [1.54, 1.807) is 4.90 Å². The Kier molecular flexibility index (Phi) is 5.55. The molecule has 7 heteroatoms. The molecule has 6 nitrogen and oxygen atoms in total. The summed E-state index contributed by atoms with van der Waals surface area (Å²) in [5.41, 5.74) is -0.487. The van der Waals surface area contributed by atoms with Crippen LogP contribution in [0.3, 0.4) is 0 Å². The molecule has 0 aromatic carbocycles. The molecule has 1 aliphatic heterocycles. The number of carbonyl (C=O) groups excluding carboxylic acids is 1. The van der Waals surface area contributed by atoms with Crippen molar-refractivity contribution >= 4 is 17.2 Å². The normalized spacial score (nSPS) is 22.0. The van der Waals surface area contributed by atoms with Crippen LogP contribution in [0.25, 0.3) is 0 Å². The molecule has 106 valence electrons. The van der Waals surface area contributed by atoms with Gasteiger partial charge in [0.25, 0.3) is 0 Å². The van der Waals surface area contributed by atoms with Crippen LogP contribution in [-0.4, -0.2) is 51.0 Å². The van der Waals surface area contributed by atoms with E-state index in [1.165, 1.54) is 0 Å². The molecule has 1 unspecified atom stereocenters. The summed E-state index contributed by atoms with van der Waals surface area (Å²) in [6.07, 6.45) is 0.521. The standard InChI is InChI=1S/C11H21NO5S/c1-11(2,3)17-10(13)12-5-4-9(6-12)7-16-8-18(14)15/h9H,4-8H2,1-3H3,(H,14,15)/t9-/m0/s1. The fraction of sp³-hybridized carbons (Fsp3) is 0.909. The topological polar surface area (TPSA) is 76.1 Å². The van der Waals surface area contributed by atoms with Gasteiger partial charge in [0, 0.05) is 19.0 Å². The predicted octanol–water partition coefficient (Wildman–Crippen LogP) is 1.44. The van der Waals surface area contributed by atoms with E-state index in [1.807, 2.05) is 20.8 Å².